The highest BCUT2D eigenvalue weighted by molar-refractivity contribution is 6.83. The average molecular weight is 254 g/mol. The Bertz CT molecular complexity index is 416. The molecule has 0 aromatic carbocycles. The maximum Gasteiger partial charge on any atom is 0.339 e. The lowest BCUT2D eigenvalue weighted by molar-refractivity contribution is -0.165. The van der Waals surface area contributed by atoms with Gasteiger partial charge in [-0.3, -0.25) is 0 Å². The molecule has 2 rings (SSSR count). The molecule has 1 heterocycles. The second-order valence-electron chi connectivity index (χ2n) is 5.90. The van der Waals surface area contributed by atoms with E-state index in [4.69, 9.17) is 4.74 Å². The Labute approximate surface area is 102 Å². The van der Waals surface area contributed by atoms with Gasteiger partial charge in [0.2, 0.25) is 5.60 Å². The molecule has 0 amide bonds. The van der Waals surface area contributed by atoms with E-state index in [0.717, 1.165) is 6.42 Å². The number of fused-ring (bicyclic) bond motifs is 1. The van der Waals surface area contributed by atoms with Crippen LogP contribution >= 0.6 is 0 Å². The molecule has 1 aliphatic carbocycles. The van der Waals surface area contributed by atoms with Gasteiger partial charge in [0, 0.05) is 0 Å². The third-order valence-corrected chi connectivity index (χ3v) is 4.20. The van der Waals surface area contributed by atoms with Gasteiger partial charge in [-0.05, 0) is 19.3 Å². The Hall–Kier alpha value is -0.833. The number of ether oxygens (including phenoxy) is 1. The first-order chi connectivity index (χ1) is 7.71. The molecule has 0 aromatic rings. The van der Waals surface area contributed by atoms with Crippen LogP contribution in [0.3, 0.4) is 0 Å². The molecule has 0 aromatic heterocycles. The first kappa shape index (κ1) is 12.6. The van der Waals surface area contributed by atoms with Gasteiger partial charge >= 0.3 is 5.97 Å². The summed E-state index contributed by atoms with van der Waals surface area (Å²) in [5, 5.41) is 19.5. The lowest BCUT2D eigenvalue weighted by Crippen LogP contribution is -2.54. The number of aliphatic hydroxyl groups is 1. The molecule has 17 heavy (non-hydrogen) atoms. The van der Waals surface area contributed by atoms with E-state index >= 15 is 0 Å². The second kappa shape index (κ2) is 3.58. The van der Waals surface area contributed by atoms with Crippen LogP contribution in [0.1, 0.15) is 19.3 Å². The minimum Gasteiger partial charge on any atom is -0.479 e. The Kier molecular flexibility index (Phi) is 2.66. The molecule has 1 saturated carbocycles. The Morgan fingerprint density at radius 3 is 2.65 bits per heavy atom. The summed E-state index contributed by atoms with van der Waals surface area (Å²) in [5.74, 6) is 1.72. The summed E-state index contributed by atoms with van der Waals surface area (Å²) in [4.78, 5) is 11.3. The minimum absolute atomic E-state index is 0.207. The van der Waals surface area contributed by atoms with Gasteiger partial charge in [0.05, 0.1) is 0 Å². The molecule has 3 atom stereocenters. The third-order valence-electron chi connectivity index (χ3n) is 3.32. The zero-order valence-electron chi connectivity index (χ0n) is 10.4. The van der Waals surface area contributed by atoms with Crippen molar-refractivity contribution in [3.63, 3.8) is 0 Å². The molecule has 2 aliphatic rings. The zero-order valence-corrected chi connectivity index (χ0v) is 11.4. The molecule has 0 bridgehead atoms. The monoisotopic (exact) mass is 254 g/mol. The van der Waals surface area contributed by atoms with Crippen molar-refractivity contribution < 1.29 is 19.7 Å². The molecule has 5 heteroatoms. The van der Waals surface area contributed by atoms with Gasteiger partial charge in [-0.25, -0.2) is 4.79 Å². The number of hydrogen-bond acceptors (Lipinski definition) is 3. The maximum atomic E-state index is 11.3. The van der Waals surface area contributed by atoms with E-state index in [2.05, 4.69) is 31.1 Å². The quantitative estimate of drug-likeness (QED) is 0.416. The number of hydrogen-bond donors (Lipinski definition) is 2. The number of carbonyl (C=O) groups is 1. The van der Waals surface area contributed by atoms with Crippen molar-refractivity contribution in [3.8, 4) is 11.5 Å². The third kappa shape index (κ3) is 1.90. The molecule has 3 unspecified atom stereocenters. The van der Waals surface area contributed by atoms with Gasteiger partial charge in [-0.1, -0.05) is 25.6 Å². The first-order valence-corrected chi connectivity index (χ1v) is 9.39. The van der Waals surface area contributed by atoms with Gasteiger partial charge in [-0.15, -0.1) is 5.54 Å². The number of carboxylic acids is 1. The van der Waals surface area contributed by atoms with Gasteiger partial charge in [0.15, 0.2) is 5.60 Å². The highest BCUT2D eigenvalue weighted by Crippen LogP contribution is 2.53. The van der Waals surface area contributed by atoms with E-state index in [1.165, 1.54) is 0 Å². The Balaban J connectivity index is 2.35. The van der Waals surface area contributed by atoms with Gasteiger partial charge < -0.3 is 14.9 Å². The van der Waals surface area contributed by atoms with Crippen LogP contribution < -0.4 is 0 Å². The molecular formula is C12H18O4Si. The smallest absolute Gasteiger partial charge is 0.339 e. The van der Waals surface area contributed by atoms with Crippen molar-refractivity contribution in [2.75, 3.05) is 0 Å². The van der Waals surface area contributed by atoms with Crippen molar-refractivity contribution in [3.05, 3.63) is 0 Å². The summed E-state index contributed by atoms with van der Waals surface area (Å²) in [5.41, 5.74) is 0.152. The Morgan fingerprint density at radius 1 is 1.47 bits per heavy atom. The SMILES string of the molecule is C[Si](C)(C)C#CC12OC1CCCC2(O)C(=O)O. The molecule has 2 fully saturated rings. The number of epoxide rings is 1. The van der Waals surface area contributed by atoms with Gasteiger partial charge in [-0.2, -0.15) is 0 Å². The predicted octanol–water partition coefficient (Wildman–Crippen LogP) is 1.00. The van der Waals surface area contributed by atoms with Crippen LogP contribution in [0.5, 0.6) is 0 Å². The molecule has 1 aliphatic heterocycles. The fourth-order valence-electron chi connectivity index (χ4n) is 2.30. The predicted molar refractivity (Wildman–Crippen MR) is 65.2 cm³/mol. The van der Waals surface area contributed by atoms with Gasteiger partial charge in [0.1, 0.15) is 14.2 Å². The van der Waals surface area contributed by atoms with Gasteiger partial charge in [0.25, 0.3) is 0 Å². The summed E-state index contributed by atoms with van der Waals surface area (Å²) >= 11 is 0. The largest absolute Gasteiger partial charge is 0.479 e. The second-order valence-corrected chi connectivity index (χ2v) is 10.6. The number of carboxylic acid groups (broad SMARTS) is 1. The standard InChI is InChI=1S/C12H18O4Si/c1-17(2,3)8-7-12-9(16-12)5-4-6-11(12,15)10(13)14/h9,15H,4-6H2,1-3H3,(H,13,14). The normalized spacial score (nSPS) is 39.9. The fourth-order valence-corrected chi connectivity index (χ4v) is 2.87. The zero-order chi connectivity index (χ0) is 12.9. The lowest BCUT2D eigenvalue weighted by atomic mass is 9.75. The van der Waals surface area contributed by atoms with Crippen LogP contribution in [-0.2, 0) is 9.53 Å². The van der Waals surface area contributed by atoms with Crippen LogP contribution in [0, 0.1) is 11.5 Å². The van der Waals surface area contributed by atoms with Crippen LogP contribution in [-0.4, -0.2) is 41.6 Å². The van der Waals surface area contributed by atoms with Crippen molar-refractivity contribution in [1.82, 2.24) is 0 Å². The van der Waals surface area contributed by atoms with Crippen LogP contribution in [0.15, 0.2) is 0 Å². The van der Waals surface area contributed by atoms with E-state index in [0.29, 0.717) is 6.42 Å². The summed E-state index contributed by atoms with van der Waals surface area (Å²) < 4.78 is 5.46. The number of rotatable bonds is 1. The van der Waals surface area contributed by atoms with Crippen molar-refractivity contribution in [2.24, 2.45) is 0 Å². The van der Waals surface area contributed by atoms with Crippen LogP contribution in [0.25, 0.3) is 0 Å². The fraction of sp³-hybridized carbons (Fsp3) is 0.750. The summed E-state index contributed by atoms with van der Waals surface area (Å²) in [6.07, 6.45) is 1.47. The van der Waals surface area contributed by atoms with E-state index in [9.17, 15) is 15.0 Å². The van der Waals surface area contributed by atoms with E-state index in [1.54, 1.807) is 0 Å². The van der Waals surface area contributed by atoms with Crippen LogP contribution in [0.2, 0.25) is 19.6 Å². The number of aliphatic carboxylic acids is 1. The molecule has 0 radical (unpaired) electrons. The molecule has 1 saturated heterocycles. The molecule has 0 spiro atoms. The Morgan fingerprint density at radius 2 is 2.12 bits per heavy atom. The van der Waals surface area contributed by atoms with Crippen LogP contribution in [0.4, 0.5) is 0 Å². The van der Waals surface area contributed by atoms with E-state index in [-0.39, 0.29) is 12.5 Å². The summed E-state index contributed by atoms with van der Waals surface area (Å²) in [7, 11) is -1.60. The lowest BCUT2D eigenvalue weighted by Gasteiger charge is -2.30. The van der Waals surface area contributed by atoms with E-state index < -0.39 is 25.2 Å². The molecule has 2 N–H and O–H groups in total. The highest BCUT2D eigenvalue weighted by Gasteiger charge is 2.73. The maximum absolute atomic E-state index is 11.3. The molecular weight excluding hydrogens is 236 g/mol. The first-order valence-electron chi connectivity index (χ1n) is 5.89. The average Bonchev–Trinajstić information content (AvgIpc) is 2.90. The molecule has 4 nitrogen and oxygen atoms in total. The van der Waals surface area contributed by atoms with E-state index in [1.807, 2.05) is 0 Å². The topological polar surface area (TPSA) is 70.1 Å². The van der Waals surface area contributed by atoms with Crippen molar-refractivity contribution in [1.29, 1.82) is 0 Å². The van der Waals surface area contributed by atoms with Crippen molar-refractivity contribution in [2.45, 2.75) is 56.2 Å². The summed E-state index contributed by atoms with van der Waals surface area (Å²) in [6, 6.07) is 0. The van der Waals surface area contributed by atoms with Crippen molar-refractivity contribution >= 4 is 14.0 Å². The summed E-state index contributed by atoms with van der Waals surface area (Å²) in [6.45, 7) is 6.24. The molecule has 94 valence electrons. The highest BCUT2D eigenvalue weighted by atomic mass is 28.3. The minimum atomic E-state index is -1.83.